The summed E-state index contributed by atoms with van der Waals surface area (Å²) in [6.45, 7) is 0. The van der Waals surface area contributed by atoms with Crippen molar-refractivity contribution in [2.24, 2.45) is 0 Å². The standard InChI is InChI=1S/C29H20O/c1-2-22-13-17-26(18-14-22)28(24-9-5-3-6-10-24)29(25-11-7-4-8-12-25)27-19-15-23(21-30)16-20-27/h1,3-21H. The van der Waals surface area contributed by atoms with Gasteiger partial charge in [0.15, 0.2) is 0 Å². The summed E-state index contributed by atoms with van der Waals surface area (Å²) in [7, 11) is 0. The van der Waals surface area contributed by atoms with E-state index in [4.69, 9.17) is 6.42 Å². The molecular formula is C29H20O. The molecule has 0 radical (unpaired) electrons. The van der Waals surface area contributed by atoms with Crippen molar-refractivity contribution in [1.82, 2.24) is 0 Å². The molecule has 0 bridgehead atoms. The molecular weight excluding hydrogens is 364 g/mol. The van der Waals surface area contributed by atoms with Crippen molar-refractivity contribution in [1.29, 1.82) is 0 Å². The summed E-state index contributed by atoms with van der Waals surface area (Å²) in [6.07, 6.45) is 6.43. The van der Waals surface area contributed by atoms with Crippen molar-refractivity contribution in [2.45, 2.75) is 0 Å². The fraction of sp³-hybridized carbons (Fsp3) is 0. The van der Waals surface area contributed by atoms with E-state index in [1.165, 1.54) is 0 Å². The van der Waals surface area contributed by atoms with E-state index in [0.717, 1.165) is 45.2 Å². The lowest BCUT2D eigenvalue weighted by Gasteiger charge is -2.18. The molecule has 0 aliphatic carbocycles. The molecule has 0 atom stereocenters. The van der Waals surface area contributed by atoms with Gasteiger partial charge in [0.25, 0.3) is 0 Å². The van der Waals surface area contributed by atoms with Crippen LogP contribution in [0.25, 0.3) is 11.1 Å². The molecule has 0 unspecified atom stereocenters. The fourth-order valence-corrected chi connectivity index (χ4v) is 3.58. The van der Waals surface area contributed by atoms with Crippen molar-refractivity contribution in [3.8, 4) is 12.3 Å². The Kier molecular flexibility index (Phi) is 5.69. The lowest BCUT2D eigenvalue weighted by atomic mass is 9.85. The molecule has 0 amide bonds. The second-order valence-electron chi connectivity index (χ2n) is 6.94. The highest BCUT2D eigenvalue weighted by molar-refractivity contribution is 6.04. The second-order valence-corrected chi connectivity index (χ2v) is 6.94. The minimum Gasteiger partial charge on any atom is -0.298 e. The molecule has 142 valence electrons. The van der Waals surface area contributed by atoms with E-state index >= 15 is 0 Å². The molecule has 4 aromatic carbocycles. The van der Waals surface area contributed by atoms with E-state index in [-0.39, 0.29) is 0 Å². The molecule has 0 fully saturated rings. The Morgan fingerprint density at radius 1 is 0.567 bits per heavy atom. The van der Waals surface area contributed by atoms with Gasteiger partial charge in [-0.3, -0.25) is 4.79 Å². The van der Waals surface area contributed by atoms with E-state index in [9.17, 15) is 4.79 Å². The third-order valence-electron chi connectivity index (χ3n) is 5.05. The molecule has 4 aromatic rings. The van der Waals surface area contributed by atoms with Crippen LogP contribution < -0.4 is 0 Å². The van der Waals surface area contributed by atoms with E-state index < -0.39 is 0 Å². The minimum absolute atomic E-state index is 0.658. The average Bonchev–Trinajstić information content (AvgIpc) is 2.84. The average molecular weight is 384 g/mol. The van der Waals surface area contributed by atoms with Gasteiger partial charge in [0.1, 0.15) is 6.29 Å². The van der Waals surface area contributed by atoms with Crippen LogP contribution in [0, 0.1) is 12.3 Å². The van der Waals surface area contributed by atoms with Crippen molar-refractivity contribution in [3.05, 3.63) is 143 Å². The molecule has 30 heavy (non-hydrogen) atoms. The number of hydrogen-bond donors (Lipinski definition) is 0. The van der Waals surface area contributed by atoms with Gasteiger partial charge < -0.3 is 0 Å². The first kappa shape index (κ1) is 19.2. The summed E-state index contributed by atoms with van der Waals surface area (Å²) in [5.41, 5.74) is 8.08. The van der Waals surface area contributed by atoms with Gasteiger partial charge in [-0.25, -0.2) is 0 Å². The third-order valence-corrected chi connectivity index (χ3v) is 5.05. The van der Waals surface area contributed by atoms with Gasteiger partial charge in [0.05, 0.1) is 0 Å². The molecule has 0 heterocycles. The van der Waals surface area contributed by atoms with Crippen molar-refractivity contribution < 1.29 is 4.79 Å². The van der Waals surface area contributed by atoms with Crippen LogP contribution >= 0.6 is 0 Å². The lowest BCUT2D eigenvalue weighted by Crippen LogP contribution is -1.98. The molecule has 0 saturated heterocycles. The Labute approximate surface area is 177 Å². The molecule has 1 nitrogen and oxygen atoms in total. The van der Waals surface area contributed by atoms with E-state index in [1.54, 1.807) is 0 Å². The largest absolute Gasteiger partial charge is 0.298 e. The van der Waals surface area contributed by atoms with E-state index in [0.29, 0.717) is 5.56 Å². The highest BCUT2D eigenvalue weighted by atomic mass is 16.1. The van der Waals surface area contributed by atoms with Crippen molar-refractivity contribution >= 4 is 17.4 Å². The number of aldehydes is 1. The zero-order valence-corrected chi connectivity index (χ0v) is 16.5. The number of terminal acetylenes is 1. The first-order valence-corrected chi connectivity index (χ1v) is 9.78. The summed E-state index contributed by atoms with van der Waals surface area (Å²) >= 11 is 0. The zero-order valence-electron chi connectivity index (χ0n) is 16.5. The summed E-state index contributed by atoms with van der Waals surface area (Å²) in [4.78, 5) is 11.2. The normalized spacial score (nSPS) is 11.3. The van der Waals surface area contributed by atoms with Gasteiger partial charge in [-0.15, -0.1) is 6.42 Å². The minimum atomic E-state index is 0.658. The van der Waals surface area contributed by atoms with Crippen LogP contribution in [0.4, 0.5) is 0 Å². The Balaban J connectivity index is 2.06. The lowest BCUT2D eigenvalue weighted by molar-refractivity contribution is 0.112. The predicted octanol–water partition coefficient (Wildman–Crippen LogP) is 6.49. The third kappa shape index (κ3) is 3.99. The van der Waals surface area contributed by atoms with Crippen molar-refractivity contribution in [3.63, 3.8) is 0 Å². The summed E-state index contributed by atoms with van der Waals surface area (Å²) in [6, 6.07) is 36.5. The molecule has 0 N–H and O–H groups in total. The van der Waals surface area contributed by atoms with Gasteiger partial charge in [0, 0.05) is 11.1 Å². The number of benzene rings is 4. The van der Waals surface area contributed by atoms with E-state index in [1.807, 2.05) is 72.8 Å². The molecule has 0 aromatic heterocycles. The van der Waals surface area contributed by atoms with Gasteiger partial charge in [-0.2, -0.15) is 0 Å². The molecule has 1 heteroatoms. The number of hydrogen-bond acceptors (Lipinski definition) is 1. The highest BCUT2D eigenvalue weighted by Crippen LogP contribution is 2.36. The first-order valence-electron chi connectivity index (χ1n) is 9.78. The number of carbonyl (C=O) groups is 1. The van der Waals surface area contributed by atoms with E-state index in [2.05, 4.69) is 42.3 Å². The quantitative estimate of drug-likeness (QED) is 0.218. The highest BCUT2D eigenvalue weighted by Gasteiger charge is 2.16. The van der Waals surface area contributed by atoms with Gasteiger partial charge in [0.2, 0.25) is 0 Å². The maximum atomic E-state index is 11.2. The van der Waals surface area contributed by atoms with Crippen LogP contribution in [-0.2, 0) is 0 Å². The first-order chi connectivity index (χ1) is 14.8. The monoisotopic (exact) mass is 384 g/mol. The van der Waals surface area contributed by atoms with Crippen LogP contribution in [0.2, 0.25) is 0 Å². The van der Waals surface area contributed by atoms with Gasteiger partial charge in [-0.1, -0.05) is 103 Å². The maximum absolute atomic E-state index is 11.2. The van der Waals surface area contributed by atoms with Crippen LogP contribution in [0.5, 0.6) is 0 Å². The molecule has 0 saturated carbocycles. The Morgan fingerprint density at radius 2 is 0.967 bits per heavy atom. The summed E-state index contributed by atoms with van der Waals surface area (Å²) in [5.74, 6) is 2.69. The molecule has 0 spiro atoms. The molecule has 0 aliphatic heterocycles. The number of carbonyl (C=O) groups excluding carboxylic acids is 1. The summed E-state index contributed by atoms with van der Waals surface area (Å²) in [5, 5.41) is 0. The van der Waals surface area contributed by atoms with Crippen LogP contribution in [0.15, 0.2) is 109 Å². The van der Waals surface area contributed by atoms with Crippen LogP contribution in [0.3, 0.4) is 0 Å². The van der Waals surface area contributed by atoms with Crippen LogP contribution in [-0.4, -0.2) is 6.29 Å². The topological polar surface area (TPSA) is 17.1 Å². The molecule has 4 rings (SSSR count). The Morgan fingerprint density at radius 3 is 1.37 bits per heavy atom. The van der Waals surface area contributed by atoms with Gasteiger partial charge >= 0.3 is 0 Å². The fourth-order valence-electron chi connectivity index (χ4n) is 3.58. The van der Waals surface area contributed by atoms with Gasteiger partial charge in [-0.05, 0) is 45.5 Å². The second kappa shape index (κ2) is 8.90. The zero-order chi connectivity index (χ0) is 20.8. The smallest absolute Gasteiger partial charge is 0.150 e. The Bertz CT molecular complexity index is 1210. The Hall–Kier alpha value is -4.15. The van der Waals surface area contributed by atoms with Crippen molar-refractivity contribution in [2.75, 3.05) is 0 Å². The predicted molar refractivity (Wildman–Crippen MR) is 124 cm³/mol. The maximum Gasteiger partial charge on any atom is 0.150 e. The SMILES string of the molecule is C#Cc1ccc(C(=C(c2ccccc2)c2ccc(C=O)cc2)c2ccccc2)cc1. The number of rotatable bonds is 5. The van der Waals surface area contributed by atoms with Crippen LogP contribution in [0.1, 0.15) is 38.2 Å². The molecule has 0 aliphatic rings. The summed E-state index contributed by atoms with van der Waals surface area (Å²) < 4.78 is 0.